The van der Waals surface area contributed by atoms with Gasteiger partial charge < -0.3 is 10.2 Å². The Morgan fingerprint density at radius 3 is 2.65 bits per heavy atom. The lowest BCUT2D eigenvalue weighted by Gasteiger charge is -2.10. The number of non-ortho nitro benzene ring substituents is 1. The quantitative estimate of drug-likeness (QED) is 0.490. The molecule has 0 atom stereocenters. The van der Waals surface area contributed by atoms with Crippen molar-refractivity contribution in [3.05, 3.63) is 39.2 Å². The van der Waals surface area contributed by atoms with E-state index >= 15 is 0 Å². The van der Waals surface area contributed by atoms with Gasteiger partial charge in [0.2, 0.25) is 0 Å². The molecular formula is C13H18FN3O3. The minimum Gasteiger partial charge on any atom is -0.352 e. The van der Waals surface area contributed by atoms with Gasteiger partial charge in [-0.15, -0.1) is 0 Å². The number of halogens is 1. The molecule has 0 aliphatic rings. The maximum atomic E-state index is 13.8. The predicted molar refractivity (Wildman–Crippen MR) is 73.3 cm³/mol. The lowest BCUT2D eigenvalue weighted by Crippen LogP contribution is -2.28. The van der Waals surface area contributed by atoms with Crippen molar-refractivity contribution in [2.75, 3.05) is 27.2 Å². The van der Waals surface area contributed by atoms with Crippen LogP contribution in [0.25, 0.3) is 0 Å². The van der Waals surface area contributed by atoms with Crippen LogP contribution in [0.15, 0.2) is 12.1 Å². The average molecular weight is 283 g/mol. The first kappa shape index (κ1) is 16.0. The van der Waals surface area contributed by atoms with E-state index in [0.29, 0.717) is 13.0 Å². The Hall–Kier alpha value is -2.02. The highest BCUT2D eigenvalue weighted by Gasteiger charge is 2.19. The zero-order valence-electron chi connectivity index (χ0n) is 11.8. The van der Waals surface area contributed by atoms with Crippen molar-refractivity contribution in [3.63, 3.8) is 0 Å². The number of carbonyl (C=O) groups excluding carboxylic acids is 1. The number of nitro benzene ring substituents is 1. The van der Waals surface area contributed by atoms with Crippen LogP contribution in [0, 0.1) is 22.9 Å². The van der Waals surface area contributed by atoms with Gasteiger partial charge >= 0.3 is 0 Å². The summed E-state index contributed by atoms with van der Waals surface area (Å²) in [6, 6.07) is 2.07. The molecule has 0 saturated carbocycles. The molecule has 1 aromatic carbocycles. The van der Waals surface area contributed by atoms with Crippen LogP contribution in [0.3, 0.4) is 0 Å². The Morgan fingerprint density at radius 1 is 1.45 bits per heavy atom. The summed E-state index contributed by atoms with van der Waals surface area (Å²) in [4.78, 5) is 23.9. The van der Waals surface area contributed by atoms with E-state index in [2.05, 4.69) is 5.32 Å². The van der Waals surface area contributed by atoms with E-state index in [4.69, 9.17) is 0 Å². The van der Waals surface area contributed by atoms with Gasteiger partial charge in [-0.05, 0) is 39.5 Å². The van der Waals surface area contributed by atoms with E-state index in [9.17, 15) is 19.3 Å². The third kappa shape index (κ3) is 4.27. The molecule has 1 N–H and O–H groups in total. The van der Waals surface area contributed by atoms with Crippen molar-refractivity contribution in [1.29, 1.82) is 0 Å². The van der Waals surface area contributed by atoms with Gasteiger partial charge in [-0.2, -0.15) is 0 Å². The fourth-order valence-corrected chi connectivity index (χ4v) is 1.71. The molecule has 1 amide bonds. The molecule has 0 aromatic heterocycles. The number of hydrogen-bond acceptors (Lipinski definition) is 4. The molecule has 0 spiro atoms. The summed E-state index contributed by atoms with van der Waals surface area (Å²) in [5.74, 6) is -1.35. The summed E-state index contributed by atoms with van der Waals surface area (Å²) >= 11 is 0. The summed E-state index contributed by atoms with van der Waals surface area (Å²) in [5.41, 5.74) is -0.499. The van der Waals surface area contributed by atoms with Crippen LogP contribution in [0.5, 0.6) is 0 Å². The average Bonchev–Trinajstić information content (AvgIpc) is 2.36. The Labute approximate surface area is 116 Å². The SMILES string of the molecule is Cc1cc([N+](=O)[O-])cc(C(=O)NCCCN(C)C)c1F. The lowest BCUT2D eigenvalue weighted by atomic mass is 10.1. The number of hydrogen-bond donors (Lipinski definition) is 1. The molecule has 1 rings (SSSR count). The molecule has 6 nitrogen and oxygen atoms in total. The molecule has 1 aromatic rings. The normalized spacial score (nSPS) is 10.7. The Bertz CT molecular complexity index is 518. The number of nitrogens with one attached hydrogen (secondary N) is 1. The number of aryl methyl sites for hydroxylation is 1. The molecule has 0 aliphatic carbocycles. The molecule has 0 saturated heterocycles. The van der Waals surface area contributed by atoms with Gasteiger partial charge in [0.25, 0.3) is 11.6 Å². The third-order valence-corrected chi connectivity index (χ3v) is 2.76. The first-order valence-electron chi connectivity index (χ1n) is 6.20. The molecule has 110 valence electrons. The number of nitro groups is 1. The van der Waals surface area contributed by atoms with Crippen LogP contribution in [0.2, 0.25) is 0 Å². The molecule has 20 heavy (non-hydrogen) atoms. The van der Waals surface area contributed by atoms with E-state index in [0.717, 1.165) is 18.7 Å². The topological polar surface area (TPSA) is 75.5 Å². The number of amides is 1. The highest BCUT2D eigenvalue weighted by atomic mass is 19.1. The van der Waals surface area contributed by atoms with Crippen LogP contribution in [0.4, 0.5) is 10.1 Å². The highest BCUT2D eigenvalue weighted by Crippen LogP contribution is 2.20. The molecule has 7 heteroatoms. The summed E-state index contributed by atoms with van der Waals surface area (Å²) < 4.78 is 13.8. The van der Waals surface area contributed by atoms with E-state index in [1.54, 1.807) is 0 Å². The van der Waals surface area contributed by atoms with Crippen molar-refractivity contribution in [1.82, 2.24) is 10.2 Å². The second-order valence-electron chi connectivity index (χ2n) is 4.79. The molecule has 0 aliphatic heterocycles. The van der Waals surface area contributed by atoms with Gasteiger partial charge in [0.15, 0.2) is 0 Å². The molecule has 0 unspecified atom stereocenters. The second-order valence-corrected chi connectivity index (χ2v) is 4.79. The smallest absolute Gasteiger partial charge is 0.270 e. The van der Waals surface area contributed by atoms with E-state index < -0.39 is 16.6 Å². The van der Waals surface area contributed by atoms with Gasteiger partial charge in [0.05, 0.1) is 10.5 Å². The van der Waals surface area contributed by atoms with Crippen LogP contribution < -0.4 is 5.32 Å². The van der Waals surface area contributed by atoms with Gasteiger partial charge in [-0.1, -0.05) is 0 Å². The van der Waals surface area contributed by atoms with Gasteiger partial charge in [-0.25, -0.2) is 4.39 Å². The first-order chi connectivity index (χ1) is 9.32. The van der Waals surface area contributed by atoms with Crippen molar-refractivity contribution >= 4 is 11.6 Å². The molecule has 0 fully saturated rings. The van der Waals surface area contributed by atoms with Crippen molar-refractivity contribution in [3.8, 4) is 0 Å². The number of rotatable bonds is 6. The van der Waals surface area contributed by atoms with Crippen LogP contribution in [0.1, 0.15) is 22.3 Å². The Kier molecular flexibility index (Phi) is 5.57. The van der Waals surface area contributed by atoms with Crippen molar-refractivity contribution < 1.29 is 14.1 Å². The summed E-state index contributed by atoms with van der Waals surface area (Å²) in [6.45, 7) is 2.57. The highest BCUT2D eigenvalue weighted by molar-refractivity contribution is 5.95. The maximum Gasteiger partial charge on any atom is 0.270 e. The maximum absolute atomic E-state index is 13.8. The molecule has 0 radical (unpaired) electrons. The summed E-state index contributed by atoms with van der Waals surface area (Å²) in [7, 11) is 3.82. The van der Waals surface area contributed by atoms with Crippen molar-refractivity contribution in [2.24, 2.45) is 0 Å². The molecule has 0 bridgehead atoms. The van der Waals surface area contributed by atoms with Crippen LogP contribution in [-0.4, -0.2) is 42.9 Å². The first-order valence-corrected chi connectivity index (χ1v) is 6.20. The van der Waals surface area contributed by atoms with Gasteiger partial charge in [-0.3, -0.25) is 14.9 Å². The minimum atomic E-state index is -0.722. The number of benzene rings is 1. The van der Waals surface area contributed by atoms with E-state index in [1.807, 2.05) is 19.0 Å². The Morgan fingerprint density at radius 2 is 2.10 bits per heavy atom. The molecule has 0 heterocycles. The second kappa shape index (κ2) is 6.95. The van der Waals surface area contributed by atoms with Crippen LogP contribution >= 0.6 is 0 Å². The van der Waals surface area contributed by atoms with Crippen LogP contribution in [-0.2, 0) is 0 Å². The zero-order valence-corrected chi connectivity index (χ0v) is 11.8. The van der Waals surface area contributed by atoms with Gasteiger partial charge in [0.1, 0.15) is 5.82 Å². The largest absolute Gasteiger partial charge is 0.352 e. The minimum absolute atomic E-state index is 0.0811. The lowest BCUT2D eigenvalue weighted by molar-refractivity contribution is -0.385. The number of nitrogens with zero attached hydrogens (tertiary/aromatic N) is 2. The van der Waals surface area contributed by atoms with E-state index in [1.165, 1.54) is 6.92 Å². The monoisotopic (exact) mass is 283 g/mol. The number of carbonyl (C=O) groups is 1. The van der Waals surface area contributed by atoms with Crippen molar-refractivity contribution in [2.45, 2.75) is 13.3 Å². The summed E-state index contributed by atoms with van der Waals surface area (Å²) in [6.07, 6.45) is 0.717. The summed E-state index contributed by atoms with van der Waals surface area (Å²) in [5, 5.41) is 13.3. The standard InChI is InChI=1S/C13H18FN3O3/c1-9-7-10(17(19)20)8-11(12(9)14)13(18)15-5-4-6-16(2)3/h7-8H,4-6H2,1-3H3,(H,15,18). The fourth-order valence-electron chi connectivity index (χ4n) is 1.71. The van der Waals surface area contributed by atoms with Gasteiger partial charge in [0, 0.05) is 18.7 Å². The molecular weight excluding hydrogens is 265 g/mol. The van der Waals surface area contributed by atoms with E-state index in [-0.39, 0.29) is 16.8 Å². The predicted octanol–water partition coefficient (Wildman–Crippen LogP) is 1.72. The Balaban J connectivity index is 2.79. The zero-order chi connectivity index (χ0) is 15.3. The fraction of sp³-hybridized carbons (Fsp3) is 0.462. The third-order valence-electron chi connectivity index (χ3n) is 2.76.